The van der Waals surface area contributed by atoms with Gasteiger partial charge in [0.05, 0.1) is 5.56 Å². The average molecular weight is 412 g/mol. The van der Waals surface area contributed by atoms with Gasteiger partial charge in [-0.3, -0.25) is 9.59 Å². The van der Waals surface area contributed by atoms with E-state index in [-0.39, 0.29) is 21.2 Å². The molecule has 0 unspecified atom stereocenters. The SMILES string of the molecule is Cc1c(C(F)(F)F)c(-c2ccc(Cl)c(C=C(Cl)C(=O)Cl)c2)n[nH]c1=O. The van der Waals surface area contributed by atoms with Gasteiger partial charge in [-0.25, -0.2) is 5.10 Å². The molecule has 1 heterocycles. The Morgan fingerprint density at radius 3 is 2.48 bits per heavy atom. The van der Waals surface area contributed by atoms with Crippen LogP contribution in [0.4, 0.5) is 13.2 Å². The molecule has 0 amide bonds. The van der Waals surface area contributed by atoms with Crippen LogP contribution in [0.15, 0.2) is 28.0 Å². The number of nitrogens with one attached hydrogen (secondary N) is 1. The Labute approximate surface area is 154 Å². The van der Waals surface area contributed by atoms with Gasteiger partial charge in [0.2, 0.25) is 0 Å². The molecule has 4 nitrogen and oxygen atoms in total. The molecule has 0 atom stereocenters. The van der Waals surface area contributed by atoms with Crippen molar-refractivity contribution < 1.29 is 18.0 Å². The minimum atomic E-state index is -4.79. The van der Waals surface area contributed by atoms with Gasteiger partial charge < -0.3 is 0 Å². The van der Waals surface area contributed by atoms with Gasteiger partial charge in [-0.15, -0.1) is 0 Å². The molecule has 10 heteroatoms. The lowest BCUT2D eigenvalue weighted by Crippen LogP contribution is -2.21. The molecular weight excluding hydrogens is 404 g/mol. The first-order valence-corrected chi connectivity index (χ1v) is 7.69. The van der Waals surface area contributed by atoms with E-state index in [0.29, 0.717) is 0 Å². The van der Waals surface area contributed by atoms with E-state index in [1.165, 1.54) is 18.2 Å². The lowest BCUT2D eigenvalue weighted by molar-refractivity contribution is -0.137. The van der Waals surface area contributed by atoms with Gasteiger partial charge in [-0.2, -0.15) is 18.3 Å². The highest BCUT2D eigenvalue weighted by molar-refractivity contribution is 6.74. The average Bonchev–Trinajstić information content (AvgIpc) is 2.50. The molecule has 25 heavy (non-hydrogen) atoms. The predicted molar refractivity (Wildman–Crippen MR) is 89.7 cm³/mol. The minimum Gasteiger partial charge on any atom is -0.275 e. The molecule has 0 aliphatic heterocycles. The zero-order chi connectivity index (χ0) is 18.9. The van der Waals surface area contributed by atoms with Crippen molar-refractivity contribution in [3.05, 3.63) is 55.3 Å². The lowest BCUT2D eigenvalue weighted by atomic mass is 10.0. The summed E-state index contributed by atoms with van der Waals surface area (Å²) in [5.41, 5.74) is -2.91. The lowest BCUT2D eigenvalue weighted by Gasteiger charge is -2.14. The van der Waals surface area contributed by atoms with Gasteiger partial charge in [0.25, 0.3) is 10.8 Å². The first-order valence-electron chi connectivity index (χ1n) is 6.55. The summed E-state index contributed by atoms with van der Waals surface area (Å²) >= 11 is 16.8. The molecule has 0 bridgehead atoms. The highest BCUT2D eigenvalue weighted by Crippen LogP contribution is 2.37. The second kappa shape index (κ2) is 7.19. The van der Waals surface area contributed by atoms with Crippen LogP contribution in [0, 0.1) is 6.92 Å². The third-order valence-corrected chi connectivity index (χ3v) is 4.17. The Morgan fingerprint density at radius 1 is 1.28 bits per heavy atom. The molecule has 1 N–H and O–H groups in total. The molecule has 0 spiro atoms. The molecule has 0 aliphatic carbocycles. The molecule has 0 aliphatic rings. The van der Waals surface area contributed by atoms with Crippen LogP contribution in [0.5, 0.6) is 0 Å². The number of aromatic nitrogens is 2. The second-order valence-corrected chi connectivity index (χ2v) is 6.06. The van der Waals surface area contributed by atoms with Gasteiger partial charge >= 0.3 is 6.18 Å². The highest BCUT2D eigenvalue weighted by Gasteiger charge is 2.37. The fraction of sp³-hybridized carbons (Fsp3) is 0.133. The normalized spacial score (nSPS) is 12.4. The van der Waals surface area contributed by atoms with Gasteiger partial charge in [0, 0.05) is 16.1 Å². The van der Waals surface area contributed by atoms with Crippen LogP contribution in [0.2, 0.25) is 5.02 Å². The zero-order valence-electron chi connectivity index (χ0n) is 12.3. The fourth-order valence-electron chi connectivity index (χ4n) is 2.09. The number of alkyl halides is 3. The monoisotopic (exact) mass is 410 g/mol. The van der Waals surface area contributed by atoms with Crippen molar-refractivity contribution >= 4 is 46.1 Å². The number of allylic oxidation sites excluding steroid dienone is 1. The highest BCUT2D eigenvalue weighted by atomic mass is 35.5. The van der Waals surface area contributed by atoms with E-state index in [4.69, 9.17) is 34.8 Å². The van der Waals surface area contributed by atoms with Crippen LogP contribution in [-0.2, 0) is 11.0 Å². The van der Waals surface area contributed by atoms with Crippen LogP contribution < -0.4 is 5.56 Å². The molecule has 0 fully saturated rings. The Hall–Kier alpha value is -1.83. The number of carbonyl (C=O) groups is 1. The van der Waals surface area contributed by atoms with Crippen LogP contribution >= 0.6 is 34.8 Å². The zero-order valence-corrected chi connectivity index (χ0v) is 14.6. The number of hydrogen-bond acceptors (Lipinski definition) is 3. The number of rotatable bonds is 3. The van der Waals surface area contributed by atoms with Crippen molar-refractivity contribution in [1.29, 1.82) is 0 Å². The maximum Gasteiger partial charge on any atom is 0.419 e. The van der Waals surface area contributed by atoms with Gasteiger partial charge in [-0.1, -0.05) is 29.3 Å². The number of halogens is 6. The largest absolute Gasteiger partial charge is 0.419 e. The summed E-state index contributed by atoms with van der Waals surface area (Å²) in [4.78, 5) is 22.5. The number of hydrogen-bond donors (Lipinski definition) is 1. The molecule has 2 rings (SSSR count). The Bertz CT molecular complexity index is 937. The van der Waals surface area contributed by atoms with Crippen molar-refractivity contribution in [3.8, 4) is 11.3 Å². The molecule has 132 valence electrons. The second-order valence-electron chi connectivity index (χ2n) is 4.90. The van der Waals surface area contributed by atoms with Gasteiger partial charge in [0.1, 0.15) is 10.7 Å². The number of H-pyrrole nitrogens is 1. The van der Waals surface area contributed by atoms with Crippen molar-refractivity contribution in [1.82, 2.24) is 10.2 Å². The molecule has 2 aromatic rings. The van der Waals surface area contributed by atoms with E-state index in [1.54, 1.807) is 0 Å². The Balaban J connectivity index is 2.73. The Kier molecular flexibility index (Phi) is 5.61. The first kappa shape index (κ1) is 19.5. The van der Waals surface area contributed by atoms with E-state index in [0.717, 1.165) is 13.0 Å². The van der Waals surface area contributed by atoms with Crippen LogP contribution in [0.1, 0.15) is 16.7 Å². The van der Waals surface area contributed by atoms with Gasteiger partial charge in [0.15, 0.2) is 0 Å². The van der Waals surface area contributed by atoms with Crippen molar-refractivity contribution in [2.24, 2.45) is 0 Å². The standard InChI is InChI=1S/C15H8Cl3F3N2O2/c1-6-11(15(19,20)21)12(22-23-14(6)25)7-2-3-9(16)8(4-7)5-10(17)13(18)24/h2-5H,1H3,(H,23,25). The summed E-state index contributed by atoms with van der Waals surface area (Å²) in [7, 11) is 0. The molecular formula is C15H8Cl3F3N2O2. The maximum absolute atomic E-state index is 13.4. The third kappa shape index (κ3) is 4.23. The van der Waals surface area contributed by atoms with E-state index in [2.05, 4.69) is 5.10 Å². The van der Waals surface area contributed by atoms with Crippen molar-refractivity contribution in [2.45, 2.75) is 13.1 Å². The Morgan fingerprint density at radius 2 is 1.92 bits per heavy atom. The number of aromatic amines is 1. The van der Waals surface area contributed by atoms with Crippen LogP contribution in [0.25, 0.3) is 17.3 Å². The smallest absolute Gasteiger partial charge is 0.275 e. The molecule has 0 saturated heterocycles. The molecule has 0 saturated carbocycles. The predicted octanol–water partition coefficient (Wildman–Crippen LogP) is 4.76. The van der Waals surface area contributed by atoms with Crippen LogP contribution in [0.3, 0.4) is 0 Å². The summed E-state index contributed by atoms with van der Waals surface area (Å²) in [5.74, 6) is 0. The van der Waals surface area contributed by atoms with E-state index in [1.807, 2.05) is 5.10 Å². The molecule has 1 aromatic carbocycles. The van der Waals surface area contributed by atoms with E-state index >= 15 is 0 Å². The summed E-state index contributed by atoms with van der Waals surface area (Å²) in [6, 6.07) is 3.86. The van der Waals surface area contributed by atoms with E-state index in [9.17, 15) is 22.8 Å². The van der Waals surface area contributed by atoms with Gasteiger partial charge in [-0.05, 0) is 42.3 Å². The van der Waals surface area contributed by atoms with Crippen molar-refractivity contribution in [3.63, 3.8) is 0 Å². The summed E-state index contributed by atoms with van der Waals surface area (Å²) in [6.07, 6.45) is -3.67. The summed E-state index contributed by atoms with van der Waals surface area (Å²) < 4.78 is 40.1. The maximum atomic E-state index is 13.4. The number of benzene rings is 1. The first-order chi connectivity index (χ1) is 11.5. The number of carbonyl (C=O) groups excluding carboxylic acids is 1. The van der Waals surface area contributed by atoms with E-state index < -0.39 is 33.8 Å². The third-order valence-electron chi connectivity index (χ3n) is 3.24. The quantitative estimate of drug-likeness (QED) is 0.585. The topological polar surface area (TPSA) is 62.8 Å². The minimum absolute atomic E-state index is 0.0220. The fourth-order valence-corrected chi connectivity index (χ4v) is 2.43. The summed E-state index contributed by atoms with van der Waals surface area (Å²) in [6.45, 7) is 1.05. The molecule has 0 radical (unpaired) electrons. The molecule has 1 aromatic heterocycles. The van der Waals surface area contributed by atoms with Crippen molar-refractivity contribution in [2.75, 3.05) is 0 Å². The summed E-state index contributed by atoms with van der Waals surface area (Å²) in [5, 5.41) is 4.36. The van der Waals surface area contributed by atoms with Crippen LogP contribution in [-0.4, -0.2) is 15.4 Å². The number of nitrogens with zero attached hydrogens (tertiary/aromatic N) is 1.